The fraction of sp³-hybridized carbons (Fsp3) is 0.348. The van der Waals surface area contributed by atoms with Gasteiger partial charge in [0, 0.05) is 18.7 Å². The molecule has 31 heavy (non-hydrogen) atoms. The lowest BCUT2D eigenvalue weighted by Crippen LogP contribution is -2.37. The van der Waals surface area contributed by atoms with Crippen LogP contribution in [0, 0.1) is 11.7 Å². The highest BCUT2D eigenvalue weighted by molar-refractivity contribution is 7.98. The van der Waals surface area contributed by atoms with Gasteiger partial charge in [-0.05, 0) is 29.2 Å². The van der Waals surface area contributed by atoms with Crippen molar-refractivity contribution in [2.75, 3.05) is 0 Å². The minimum absolute atomic E-state index is 0.171. The van der Waals surface area contributed by atoms with E-state index in [0.717, 1.165) is 11.3 Å². The number of fused-ring (bicyclic) bond motifs is 1. The predicted molar refractivity (Wildman–Crippen MR) is 117 cm³/mol. The molecule has 4 rings (SSSR count). The molecule has 2 aromatic carbocycles. The number of hydrogen-bond donors (Lipinski definition) is 1. The first-order valence-electron chi connectivity index (χ1n) is 10.3. The quantitative estimate of drug-likeness (QED) is 0.537. The summed E-state index contributed by atoms with van der Waals surface area (Å²) in [5.41, 5.74) is 1.66. The molecule has 1 N–H and O–H groups in total. The Bertz CT molecular complexity index is 1040. The Morgan fingerprint density at radius 1 is 1.23 bits per heavy atom. The molecular formula is C23H25FN4O2S. The maximum Gasteiger partial charge on any atom is 0.261 e. The number of halogens is 1. The standard InChI is InChI=1S/C23H25FN4O2S/c1-15(2)13-28-21(26-27-23(28)31-14-17-8-3-5-9-18(17)24)12-25-22(29)20-11-16-7-4-6-10-19(16)30-20/h3-10,15,20H,11-14H2,1-2H3,(H,25,29). The third kappa shape index (κ3) is 5.07. The van der Waals surface area contributed by atoms with E-state index in [9.17, 15) is 9.18 Å². The molecule has 6 nitrogen and oxygen atoms in total. The van der Waals surface area contributed by atoms with Crippen LogP contribution in [0.4, 0.5) is 4.39 Å². The van der Waals surface area contributed by atoms with Gasteiger partial charge in [0.1, 0.15) is 11.6 Å². The second-order valence-corrected chi connectivity index (χ2v) is 8.86. The van der Waals surface area contributed by atoms with E-state index >= 15 is 0 Å². The average Bonchev–Trinajstić information content (AvgIpc) is 3.35. The Morgan fingerprint density at radius 2 is 2.00 bits per heavy atom. The van der Waals surface area contributed by atoms with Crippen molar-refractivity contribution in [1.29, 1.82) is 0 Å². The molecule has 1 aliphatic rings. The van der Waals surface area contributed by atoms with Crippen LogP contribution in [0.2, 0.25) is 0 Å². The molecule has 0 spiro atoms. The Morgan fingerprint density at radius 3 is 2.77 bits per heavy atom. The molecule has 0 radical (unpaired) electrons. The van der Waals surface area contributed by atoms with E-state index in [0.29, 0.717) is 41.2 Å². The third-order valence-electron chi connectivity index (χ3n) is 5.02. The minimum Gasteiger partial charge on any atom is -0.480 e. The molecule has 0 bridgehead atoms. The van der Waals surface area contributed by atoms with E-state index in [2.05, 4.69) is 29.4 Å². The summed E-state index contributed by atoms with van der Waals surface area (Å²) in [6.45, 7) is 5.19. The zero-order chi connectivity index (χ0) is 21.8. The monoisotopic (exact) mass is 440 g/mol. The highest BCUT2D eigenvalue weighted by atomic mass is 32.2. The van der Waals surface area contributed by atoms with Crippen LogP contribution in [-0.4, -0.2) is 26.8 Å². The van der Waals surface area contributed by atoms with E-state index in [-0.39, 0.29) is 18.3 Å². The number of thioether (sulfide) groups is 1. The number of para-hydroxylation sites is 1. The number of rotatable bonds is 8. The number of hydrogen-bond acceptors (Lipinski definition) is 5. The lowest BCUT2D eigenvalue weighted by Gasteiger charge is -2.14. The van der Waals surface area contributed by atoms with Crippen molar-refractivity contribution < 1.29 is 13.9 Å². The van der Waals surface area contributed by atoms with E-state index in [1.807, 2.05) is 34.9 Å². The second-order valence-electron chi connectivity index (χ2n) is 7.92. The van der Waals surface area contributed by atoms with Gasteiger partial charge >= 0.3 is 0 Å². The summed E-state index contributed by atoms with van der Waals surface area (Å²) in [6, 6.07) is 14.4. The maximum atomic E-state index is 13.9. The van der Waals surface area contributed by atoms with Crippen LogP contribution in [0.25, 0.3) is 0 Å². The van der Waals surface area contributed by atoms with Gasteiger partial charge in [-0.2, -0.15) is 0 Å². The van der Waals surface area contributed by atoms with E-state index in [1.54, 1.807) is 12.1 Å². The van der Waals surface area contributed by atoms with Crippen LogP contribution in [0.1, 0.15) is 30.8 Å². The van der Waals surface area contributed by atoms with Crippen LogP contribution in [0.3, 0.4) is 0 Å². The summed E-state index contributed by atoms with van der Waals surface area (Å²) in [7, 11) is 0. The molecule has 3 aromatic rings. The Hall–Kier alpha value is -2.87. The van der Waals surface area contributed by atoms with Crippen molar-refractivity contribution in [2.45, 2.75) is 50.4 Å². The van der Waals surface area contributed by atoms with Crippen molar-refractivity contribution in [3.8, 4) is 5.75 Å². The summed E-state index contributed by atoms with van der Waals surface area (Å²) >= 11 is 1.44. The topological polar surface area (TPSA) is 69.0 Å². The number of nitrogens with one attached hydrogen (secondary N) is 1. The van der Waals surface area contributed by atoms with Crippen molar-refractivity contribution in [1.82, 2.24) is 20.1 Å². The number of aromatic nitrogens is 3. The van der Waals surface area contributed by atoms with Gasteiger partial charge in [0.15, 0.2) is 17.1 Å². The molecule has 0 saturated carbocycles. The number of amides is 1. The summed E-state index contributed by atoms with van der Waals surface area (Å²) < 4.78 is 21.7. The van der Waals surface area contributed by atoms with E-state index in [1.165, 1.54) is 17.8 Å². The summed E-state index contributed by atoms with van der Waals surface area (Å²) in [6.07, 6.45) is 0.0264. The molecule has 1 unspecified atom stereocenters. The average molecular weight is 441 g/mol. The molecule has 8 heteroatoms. The minimum atomic E-state index is -0.534. The summed E-state index contributed by atoms with van der Waals surface area (Å²) in [5, 5.41) is 12.2. The lowest BCUT2D eigenvalue weighted by atomic mass is 10.1. The SMILES string of the molecule is CC(C)Cn1c(CNC(=O)C2Cc3ccccc3O2)nnc1SCc1ccccc1F. The first-order valence-corrected chi connectivity index (χ1v) is 11.3. The van der Waals surface area contributed by atoms with Crippen molar-refractivity contribution >= 4 is 17.7 Å². The van der Waals surface area contributed by atoms with Gasteiger partial charge in [-0.25, -0.2) is 4.39 Å². The van der Waals surface area contributed by atoms with Crippen LogP contribution < -0.4 is 10.1 Å². The summed E-state index contributed by atoms with van der Waals surface area (Å²) in [5.74, 6) is 1.87. The van der Waals surface area contributed by atoms with Gasteiger partial charge in [0.2, 0.25) is 0 Å². The zero-order valence-corrected chi connectivity index (χ0v) is 18.4. The van der Waals surface area contributed by atoms with Crippen LogP contribution in [0.5, 0.6) is 5.75 Å². The molecule has 1 amide bonds. The molecule has 162 valence electrons. The van der Waals surface area contributed by atoms with Gasteiger partial charge in [-0.1, -0.05) is 62.0 Å². The number of ether oxygens (including phenoxy) is 1. The normalized spacial score (nSPS) is 15.0. The van der Waals surface area contributed by atoms with Gasteiger partial charge in [0.25, 0.3) is 5.91 Å². The molecule has 1 aromatic heterocycles. The maximum absolute atomic E-state index is 13.9. The van der Waals surface area contributed by atoms with Crippen molar-refractivity contribution in [3.63, 3.8) is 0 Å². The van der Waals surface area contributed by atoms with E-state index in [4.69, 9.17) is 4.74 Å². The largest absolute Gasteiger partial charge is 0.480 e. The first kappa shape index (κ1) is 21.4. The molecule has 0 saturated heterocycles. The number of carbonyl (C=O) groups is 1. The van der Waals surface area contributed by atoms with Gasteiger partial charge < -0.3 is 14.6 Å². The molecule has 1 atom stereocenters. The molecule has 0 aliphatic carbocycles. The zero-order valence-electron chi connectivity index (χ0n) is 17.5. The first-order chi connectivity index (χ1) is 15.0. The molecular weight excluding hydrogens is 415 g/mol. The highest BCUT2D eigenvalue weighted by Gasteiger charge is 2.29. The third-order valence-corrected chi connectivity index (χ3v) is 6.03. The Balaban J connectivity index is 1.41. The van der Waals surface area contributed by atoms with Gasteiger partial charge in [0.05, 0.1) is 6.54 Å². The molecule has 2 heterocycles. The summed E-state index contributed by atoms with van der Waals surface area (Å²) in [4.78, 5) is 12.6. The van der Waals surface area contributed by atoms with Gasteiger partial charge in [-0.15, -0.1) is 10.2 Å². The number of benzene rings is 2. The second kappa shape index (κ2) is 9.51. The van der Waals surface area contributed by atoms with Crippen molar-refractivity contribution in [2.24, 2.45) is 5.92 Å². The van der Waals surface area contributed by atoms with Crippen molar-refractivity contribution in [3.05, 3.63) is 71.3 Å². The van der Waals surface area contributed by atoms with Crippen LogP contribution in [-0.2, 0) is 30.1 Å². The lowest BCUT2D eigenvalue weighted by molar-refractivity contribution is -0.127. The fourth-order valence-corrected chi connectivity index (χ4v) is 4.42. The van der Waals surface area contributed by atoms with Gasteiger partial charge in [-0.3, -0.25) is 4.79 Å². The number of nitrogens with zero attached hydrogens (tertiary/aromatic N) is 3. The van der Waals surface area contributed by atoms with Crippen LogP contribution >= 0.6 is 11.8 Å². The van der Waals surface area contributed by atoms with E-state index < -0.39 is 6.10 Å². The molecule has 1 aliphatic heterocycles. The molecule has 0 fully saturated rings. The predicted octanol–water partition coefficient (Wildman–Crippen LogP) is 3.99. The highest BCUT2D eigenvalue weighted by Crippen LogP contribution is 2.28. The smallest absolute Gasteiger partial charge is 0.261 e. The fourth-order valence-electron chi connectivity index (χ4n) is 3.47. The number of carbonyl (C=O) groups excluding carboxylic acids is 1. The Labute approximate surface area is 185 Å². The Kier molecular flexibility index (Phi) is 6.56. The van der Waals surface area contributed by atoms with Crippen LogP contribution in [0.15, 0.2) is 53.7 Å².